The van der Waals surface area contributed by atoms with Gasteiger partial charge in [0.05, 0.1) is 28.0 Å². The van der Waals surface area contributed by atoms with Gasteiger partial charge in [0.1, 0.15) is 15.0 Å². The molecule has 6 rings (SSSR count). The first kappa shape index (κ1) is 40.6. The SMILES string of the molecule is Cc1cc2c(c3cc(S(=O)(=O)O)sc13)N(CCCS(=O)(=O)O)C(=CC=CC1=[N+](CCCS(=O)(=O)O)c3c(ccc4sc(S(=O)(=O)O)cc34)C1(C)C)C2(C)C. The van der Waals surface area contributed by atoms with Gasteiger partial charge in [-0.1, -0.05) is 26.0 Å². The van der Waals surface area contributed by atoms with Crippen LogP contribution in [0.15, 0.2) is 62.7 Å². The lowest BCUT2D eigenvalue weighted by atomic mass is 9.80. The number of fused-ring (bicyclic) bond motifs is 6. The molecule has 0 saturated heterocycles. The molecule has 0 bridgehead atoms. The van der Waals surface area contributed by atoms with Crippen molar-refractivity contribution in [1.82, 2.24) is 0 Å². The minimum absolute atomic E-state index is 0.0313. The van der Waals surface area contributed by atoms with Crippen LogP contribution in [0.3, 0.4) is 0 Å². The minimum Gasteiger partial charge on any atom is -0.343 e. The van der Waals surface area contributed by atoms with Gasteiger partial charge in [0.15, 0.2) is 5.71 Å². The predicted octanol–water partition coefficient (Wildman–Crippen LogP) is 6.09. The summed E-state index contributed by atoms with van der Waals surface area (Å²) in [7, 11) is -17.6. The van der Waals surface area contributed by atoms with Gasteiger partial charge in [-0.15, -0.1) is 22.7 Å². The average Bonchev–Trinajstić information content (AvgIpc) is 3.75. The van der Waals surface area contributed by atoms with Crippen molar-refractivity contribution in [2.75, 3.05) is 29.5 Å². The quantitative estimate of drug-likeness (QED) is 0.0937. The average molecular weight is 860 g/mol. The van der Waals surface area contributed by atoms with E-state index in [-0.39, 0.29) is 34.3 Å². The van der Waals surface area contributed by atoms with Crippen molar-refractivity contribution in [3.63, 3.8) is 0 Å². The van der Waals surface area contributed by atoms with Crippen LogP contribution in [0.25, 0.3) is 20.2 Å². The number of anilines is 1. The van der Waals surface area contributed by atoms with Crippen LogP contribution in [0.4, 0.5) is 11.4 Å². The highest BCUT2D eigenvalue weighted by Crippen LogP contribution is 2.53. The zero-order valence-electron chi connectivity index (χ0n) is 29.8. The fourth-order valence-electron chi connectivity index (χ4n) is 7.52. The van der Waals surface area contributed by atoms with Gasteiger partial charge < -0.3 is 4.90 Å². The van der Waals surface area contributed by atoms with Crippen molar-refractivity contribution in [3.05, 3.63) is 70.9 Å². The number of hydrogen-bond donors (Lipinski definition) is 4. The lowest BCUT2D eigenvalue weighted by Gasteiger charge is -2.27. The van der Waals surface area contributed by atoms with E-state index in [0.717, 1.165) is 50.8 Å². The van der Waals surface area contributed by atoms with Gasteiger partial charge in [0, 0.05) is 50.5 Å². The van der Waals surface area contributed by atoms with Crippen molar-refractivity contribution >= 4 is 100 Å². The molecule has 4 aromatic rings. The third-order valence-electron chi connectivity index (χ3n) is 9.92. The Morgan fingerprint density at radius 1 is 0.759 bits per heavy atom. The summed E-state index contributed by atoms with van der Waals surface area (Å²) in [6.07, 6.45) is 5.56. The molecule has 14 nitrogen and oxygen atoms in total. The molecule has 4 N–H and O–H groups in total. The molecule has 4 heterocycles. The third kappa shape index (κ3) is 7.57. The van der Waals surface area contributed by atoms with E-state index < -0.39 is 62.8 Å². The van der Waals surface area contributed by atoms with Gasteiger partial charge in [0.2, 0.25) is 5.69 Å². The van der Waals surface area contributed by atoms with E-state index in [9.17, 15) is 51.9 Å². The Balaban J connectivity index is 1.52. The van der Waals surface area contributed by atoms with Crippen LogP contribution in [-0.4, -0.2) is 86.8 Å². The first-order chi connectivity index (χ1) is 24.7. The normalized spacial score (nSPS) is 18.2. The Kier molecular flexibility index (Phi) is 10.2. The van der Waals surface area contributed by atoms with Crippen LogP contribution < -0.4 is 4.90 Å². The molecule has 0 saturated carbocycles. The maximum Gasteiger partial charge on any atom is 0.304 e. The van der Waals surface area contributed by atoms with Gasteiger partial charge in [0.25, 0.3) is 20.2 Å². The highest BCUT2D eigenvalue weighted by atomic mass is 32.3. The van der Waals surface area contributed by atoms with E-state index in [4.69, 9.17) is 0 Å². The standard InChI is InChI=1S/C34H38N2O12S6/c1-20-17-24-31(22-19-29(50-32(20)22)54(46,47)48)36(14-8-16-52(40,41)42)27(34(24,4)5)10-6-9-26-33(2,3)23-11-12-25-21(18-28(49-25)53(43,44)45)30(23)35(26)13-7-15-51(37,38)39/h6,9-12,17-19H,7-8,13-16H2,1-5H3,(H3-,37,38,39,40,41,42,43,44,45,46,47,48)/p+1. The van der Waals surface area contributed by atoms with Crippen LogP contribution in [-0.2, 0) is 51.3 Å². The van der Waals surface area contributed by atoms with E-state index in [0.29, 0.717) is 31.5 Å². The number of benzene rings is 2. The molecule has 2 aromatic heterocycles. The summed E-state index contributed by atoms with van der Waals surface area (Å²) in [5.74, 6) is -1.03. The molecule has 2 aliphatic rings. The first-order valence-corrected chi connectivity index (χ1v) is 24.3. The number of hydrogen-bond acceptors (Lipinski definition) is 11. The maximum absolute atomic E-state index is 12.2. The molecular formula is C34H39N2O12S6+. The van der Waals surface area contributed by atoms with Gasteiger partial charge >= 0.3 is 20.2 Å². The van der Waals surface area contributed by atoms with E-state index in [1.54, 1.807) is 12.1 Å². The zero-order valence-corrected chi connectivity index (χ0v) is 34.7. The lowest BCUT2D eigenvalue weighted by Crippen LogP contribution is -2.29. The van der Waals surface area contributed by atoms with E-state index >= 15 is 0 Å². The van der Waals surface area contributed by atoms with Gasteiger partial charge in [-0.3, -0.25) is 18.2 Å². The molecule has 0 amide bonds. The van der Waals surface area contributed by atoms with E-state index in [2.05, 4.69) is 0 Å². The molecule has 2 aliphatic heterocycles. The summed E-state index contributed by atoms with van der Waals surface area (Å²) >= 11 is 1.83. The lowest BCUT2D eigenvalue weighted by molar-refractivity contribution is -0.435. The molecule has 0 spiro atoms. The van der Waals surface area contributed by atoms with E-state index in [1.807, 2.05) is 68.4 Å². The summed E-state index contributed by atoms with van der Waals surface area (Å²) < 4.78 is 137. The number of rotatable bonds is 12. The molecular weight excluding hydrogens is 821 g/mol. The highest BCUT2D eigenvalue weighted by molar-refractivity contribution is 7.88. The third-order valence-corrected chi connectivity index (χ3v) is 16.5. The smallest absolute Gasteiger partial charge is 0.304 e. The Hall–Kier alpha value is -3.05. The molecule has 0 fully saturated rings. The Morgan fingerprint density at radius 2 is 1.35 bits per heavy atom. The predicted molar refractivity (Wildman–Crippen MR) is 210 cm³/mol. The molecule has 0 atom stereocenters. The Morgan fingerprint density at radius 3 is 1.96 bits per heavy atom. The number of allylic oxidation sites excluding steroid dienone is 4. The topological polar surface area (TPSA) is 224 Å². The highest BCUT2D eigenvalue weighted by Gasteiger charge is 2.46. The molecule has 0 unspecified atom stereocenters. The van der Waals surface area contributed by atoms with Gasteiger partial charge in [-0.25, -0.2) is 0 Å². The van der Waals surface area contributed by atoms with Crippen LogP contribution >= 0.6 is 22.7 Å². The molecule has 0 aliphatic carbocycles. The first-order valence-electron chi connectivity index (χ1n) is 16.5. The van der Waals surface area contributed by atoms with Gasteiger partial charge in [-0.2, -0.15) is 38.2 Å². The summed E-state index contributed by atoms with van der Waals surface area (Å²) in [5, 5.41) is 1.11. The largest absolute Gasteiger partial charge is 0.343 e. The Labute approximate surface area is 322 Å². The summed E-state index contributed by atoms with van der Waals surface area (Å²) in [5.41, 5.74) is 3.75. The second-order valence-corrected chi connectivity index (χ2v) is 23.0. The van der Waals surface area contributed by atoms with Gasteiger partial charge in [-0.05, 0) is 68.7 Å². The van der Waals surface area contributed by atoms with Crippen molar-refractivity contribution in [2.45, 2.75) is 66.7 Å². The van der Waals surface area contributed by atoms with Crippen LogP contribution in [0.5, 0.6) is 0 Å². The fraction of sp³-hybridized carbons (Fsp3) is 0.382. The molecule has 292 valence electrons. The monoisotopic (exact) mass is 859 g/mol. The Bertz CT molecular complexity index is 2790. The molecule has 0 radical (unpaired) electrons. The van der Waals surface area contributed by atoms with Crippen LogP contribution in [0, 0.1) is 6.92 Å². The second-order valence-electron chi connectivity index (χ2n) is 14.4. The van der Waals surface area contributed by atoms with Crippen molar-refractivity contribution in [1.29, 1.82) is 0 Å². The van der Waals surface area contributed by atoms with E-state index in [1.165, 1.54) is 12.1 Å². The molecule has 20 heteroatoms. The van der Waals surface area contributed by atoms with Crippen LogP contribution in [0.1, 0.15) is 57.2 Å². The fourth-order valence-corrected chi connectivity index (χ4v) is 12.1. The second kappa shape index (κ2) is 13.6. The zero-order chi connectivity index (χ0) is 40.0. The van der Waals surface area contributed by atoms with Crippen molar-refractivity contribution in [2.24, 2.45) is 0 Å². The molecule has 54 heavy (non-hydrogen) atoms. The maximum atomic E-state index is 12.2. The van der Waals surface area contributed by atoms with Crippen LogP contribution in [0.2, 0.25) is 0 Å². The number of thiophene rings is 2. The van der Waals surface area contributed by atoms with Crippen molar-refractivity contribution < 1.29 is 56.5 Å². The summed E-state index contributed by atoms with van der Waals surface area (Å²) in [6.45, 7) is 9.97. The number of nitrogens with zero attached hydrogens (tertiary/aromatic N) is 2. The number of aryl methyl sites for hydroxylation is 1. The minimum atomic E-state index is -4.53. The van der Waals surface area contributed by atoms with Crippen molar-refractivity contribution in [3.8, 4) is 0 Å². The summed E-state index contributed by atoms with van der Waals surface area (Å²) in [6, 6.07) is 8.36. The summed E-state index contributed by atoms with van der Waals surface area (Å²) in [4.78, 5) is 1.89. The molecule has 2 aromatic carbocycles.